The van der Waals surface area contributed by atoms with Gasteiger partial charge in [-0.05, 0) is 43.5 Å². The van der Waals surface area contributed by atoms with E-state index in [2.05, 4.69) is 22.3 Å². The summed E-state index contributed by atoms with van der Waals surface area (Å²) in [7, 11) is 0. The number of rotatable bonds is 3. The highest BCUT2D eigenvalue weighted by molar-refractivity contribution is 6.30. The van der Waals surface area contributed by atoms with Crippen molar-refractivity contribution in [3.8, 4) is 0 Å². The van der Waals surface area contributed by atoms with Gasteiger partial charge in [-0.15, -0.1) is 0 Å². The van der Waals surface area contributed by atoms with Crippen molar-refractivity contribution >= 4 is 17.5 Å². The predicted molar refractivity (Wildman–Crippen MR) is 89.0 cm³/mol. The van der Waals surface area contributed by atoms with Gasteiger partial charge in [-0.1, -0.05) is 23.7 Å². The number of hydrogen-bond donors (Lipinski definition) is 1. The summed E-state index contributed by atoms with van der Waals surface area (Å²) in [5, 5.41) is 4.09. The van der Waals surface area contributed by atoms with E-state index in [0.29, 0.717) is 5.91 Å². The third-order valence-electron chi connectivity index (χ3n) is 4.58. The summed E-state index contributed by atoms with van der Waals surface area (Å²) < 4.78 is 0. The van der Waals surface area contributed by atoms with Gasteiger partial charge in [0.1, 0.15) is 0 Å². The maximum atomic E-state index is 12.5. The lowest BCUT2D eigenvalue weighted by Gasteiger charge is -2.24. The number of amides is 1. The monoisotopic (exact) mass is 321 g/mol. The van der Waals surface area contributed by atoms with Crippen LogP contribution in [0.25, 0.3) is 0 Å². The number of benzene rings is 1. The smallest absolute Gasteiger partial charge is 0.239 e. The average Bonchev–Trinajstić information content (AvgIpc) is 2.96. The maximum Gasteiger partial charge on any atom is 0.239 e. The lowest BCUT2D eigenvalue weighted by Crippen LogP contribution is -2.45. The van der Waals surface area contributed by atoms with Gasteiger partial charge in [0.25, 0.3) is 0 Å². The van der Waals surface area contributed by atoms with E-state index in [9.17, 15) is 4.79 Å². The van der Waals surface area contributed by atoms with E-state index in [4.69, 9.17) is 11.6 Å². The number of carbonyl (C=O) groups is 1. The summed E-state index contributed by atoms with van der Waals surface area (Å²) in [6.45, 7) is 5.62. The minimum absolute atomic E-state index is 0.0582. The molecule has 0 radical (unpaired) electrons. The molecule has 0 aromatic heterocycles. The Morgan fingerprint density at radius 1 is 1.14 bits per heavy atom. The van der Waals surface area contributed by atoms with Crippen LogP contribution in [0.1, 0.15) is 24.8 Å². The Labute approximate surface area is 137 Å². The Morgan fingerprint density at radius 2 is 1.95 bits per heavy atom. The predicted octanol–water partition coefficient (Wildman–Crippen LogP) is 2.13. The van der Waals surface area contributed by atoms with Crippen molar-refractivity contribution in [1.82, 2.24) is 15.1 Å². The number of carbonyl (C=O) groups excluding carboxylic acids is 1. The Balaban J connectivity index is 1.53. The van der Waals surface area contributed by atoms with Crippen LogP contribution < -0.4 is 5.32 Å². The Morgan fingerprint density at radius 3 is 2.68 bits per heavy atom. The van der Waals surface area contributed by atoms with Crippen molar-refractivity contribution in [3.05, 3.63) is 34.9 Å². The first-order valence-corrected chi connectivity index (χ1v) is 8.59. The summed E-state index contributed by atoms with van der Waals surface area (Å²) in [6, 6.07) is 8.10. The summed E-state index contributed by atoms with van der Waals surface area (Å²) in [5.41, 5.74) is 1.28. The normalized spacial score (nSPS) is 23.5. The topological polar surface area (TPSA) is 35.6 Å². The van der Waals surface area contributed by atoms with E-state index < -0.39 is 0 Å². The van der Waals surface area contributed by atoms with Crippen LogP contribution in [0.3, 0.4) is 0 Å². The van der Waals surface area contributed by atoms with Gasteiger partial charge in [-0.25, -0.2) is 0 Å². The van der Waals surface area contributed by atoms with Crippen molar-refractivity contribution in [3.63, 3.8) is 0 Å². The first-order valence-electron chi connectivity index (χ1n) is 8.21. The third kappa shape index (κ3) is 4.00. The molecule has 2 heterocycles. The molecule has 1 aromatic carbocycles. The van der Waals surface area contributed by atoms with Crippen LogP contribution in [0.4, 0.5) is 0 Å². The lowest BCUT2D eigenvalue weighted by molar-refractivity contribution is -0.132. The van der Waals surface area contributed by atoms with Crippen LogP contribution in [0, 0.1) is 0 Å². The van der Waals surface area contributed by atoms with E-state index in [1.165, 1.54) is 5.56 Å². The quantitative estimate of drug-likeness (QED) is 0.926. The Bertz CT molecular complexity index is 499. The van der Waals surface area contributed by atoms with Crippen LogP contribution in [-0.2, 0) is 11.3 Å². The lowest BCUT2D eigenvalue weighted by atomic mass is 10.2. The highest BCUT2D eigenvalue weighted by Gasteiger charge is 2.28. The molecular formula is C17H24ClN3O. The molecule has 1 N–H and O–H groups in total. The molecule has 2 aliphatic heterocycles. The highest BCUT2D eigenvalue weighted by Crippen LogP contribution is 2.15. The largest absolute Gasteiger partial charge is 0.340 e. The highest BCUT2D eigenvalue weighted by atomic mass is 35.5. The van der Waals surface area contributed by atoms with Crippen molar-refractivity contribution < 1.29 is 4.79 Å². The fourth-order valence-corrected chi connectivity index (χ4v) is 3.44. The van der Waals surface area contributed by atoms with Crippen molar-refractivity contribution in [2.45, 2.75) is 31.8 Å². The second-order valence-corrected chi connectivity index (χ2v) is 6.67. The number of nitrogens with zero attached hydrogens (tertiary/aromatic N) is 2. The molecule has 120 valence electrons. The fraction of sp³-hybridized carbons (Fsp3) is 0.588. The maximum absolute atomic E-state index is 12.5. The number of hydrogen-bond acceptors (Lipinski definition) is 3. The van der Waals surface area contributed by atoms with Crippen LogP contribution in [0.5, 0.6) is 0 Å². The molecule has 2 aliphatic rings. The molecule has 22 heavy (non-hydrogen) atoms. The molecule has 0 bridgehead atoms. The van der Waals surface area contributed by atoms with E-state index in [1.807, 2.05) is 17.0 Å². The van der Waals surface area contributed by atoms with Crippen LogP contribution in [-0.4, -0.2) is 54.5 Å². The molecule has 1 unspecified atom stereocenters. The van der Waals surface area contributed by atoms with E-state index >= 15 is 0 Å². The van der Waals surface area contributed by atoms with E-state index in [-0.39, 0.29) is 6.04 Å². The molecule has 2 fully saturated rings. The van der Waals surface area contributed by atoms with Gasteiger partial charge in [0.15, 0.2) is 0 Å². The third-order valence-corrected chi connectivity index (χ3v) is 4.83. The van der Waals surface area contributed by atoms with Crippen LogP contribution in [0.15, 0.2) is 24.3 Å². The fourth-order valence-electron chi connectivity index (χ4n) is 3.31. The van der Waals surface area contributed by atoms with Gasteiger partial charge in [-0.3, -0.25) is 9.69 Å². The Kier molecular flexibility index (Phi) is 5.34. The molecule has 1 atom stereocenters. The summed E-state index contributed by atoms with van der Waals surface area (Å²) in [5.74, 6) is 0.297. The van der Waals surface area contributed by atoms with Gasteiger partial charge < -0.3 is 10.2 Å². The molecule has 1 amide bonds. The molecular weight excluding hydrogens is 298 g/mol. The first-order chi connectivity index (χ1) is 10.7. The van der Waals surface area contributed by atoms with Gasteiger partial charge >= 0.3 is 0 Å². The zero-order chi connectivity index (χ0) is 15.4. The van der Waals surface area contributed by atoms with Gasteiger partial charge in [0, 0.05) is 37.7 Å². The minimum Gasteiger partial charge on any atom is -0.340 e. The van der Waals surface area contributed by atoms with Crippen LogP contribution >= 0.6 is 11.6 Å². The first kappa shape index (κ1) is 15.8. The molecule has 0 aliphatic carbocycles. The van der Waals surface area contributed by atoms with Crippen molar-refractivity contribution in [1.29, 1.82) is 0 Å². The van der Waals surface area contributed by atoms with Gasteiger partial charge in [0.05, 0.1) is 6.04 Å². The molecule has 5 heteroatoms. The Hall–Kier alpha value is -1.10. The summed E-state index contributed by atoms with van der Waals surface area (Å²) in [4.78, 5) is 17.0. The van der Waals surface area contributed by atoms with Crippen molar-refractivity contribution in [2.24, 2.45) is 0 Å². The second kappa shape index (κ2) is 7.44. The molecule has 1 aromatic rings. The van der Waals surface area contributed by atoms with Gasteiger partial charge in [-0.2, -0.15) is 0 Å². The number of nitrogens with one attached hydrogen (secondary N) is 1. The summed E-state index contributed by atoms with van der Waals surface area (Å²) >= 11 is 5.93. The minimum atomic E-state index is 0.0582. The summed E-state index contributed by atoms with van der Waals surface area (Å²) in [6.07, 6.45) is 3.16. The number of halogens is 1. The molecule has 4 nitrogen and oxygen atoms in total. The van der Waals surface area contributed by atoms with E-state index in [0.717, 1.165) is 63.6 Å². The standard InChI is InChI=1S/C17H24ClN3O/c18-15-6-4-14(5-7-15)13-20-9-2-10-21(12-11-20)17(22)16-3-1-8-19-16/h4-7,16,19H,1-3,8-13H2. The molecule has 3 rings (SSSR count). The van der Waals surface area contributed by atoms with Crippen LogP contribution in [0.2, 0.25) is 5.02 Å². The molecule has 2 saturated heterocycles. The van der Waals surface area contributed by atoms with Crippen molar-refractivity contribution in [2.75, 3.05) is 32.7 Å². The zero-order valence-electron chi connectivity index (χ0n) is 12.9. The SMILES string of the molecule is O=C(C1CCCN1)N1CCCN(Cc2ccc(Cl)cc2)CC1. The second-order valence-electron chi connectivity index (χ2n) is 6.23. The van der Waals surface area contributed by atoms with Gasteiger partial charge in [0.2, 0.25) is 5.91 Å². The molecule has 0 spiro atoms. The molecule has 0 saturated carbocycles. The van der Waals surface area contributed by atoms with E-state index in [1.54, 1.807) is 0 Å². The average molecular weight is 322 g/mol. The zero-order valence-corrected chi connectivity index (χ0v) is 13.7.